The molecule has 2 heterocycles. The van der Waals surface area contributed by atoms with Crippen LogP contribution in [0.2, 0.25) is 0 Å². The van der Waals surface area contributed by atoms with Crippen molar-refractivity contribution in [3.05, 3.63) is 54.7 Å². The number of aliphatic hydroxyl groups is 1. The Hall–Kier alpha value is -2.80. The van der Waals surface area contributed by atoms with Crippen molar-refractivity contribution in [3.8, 4) is 0 Å². The number of aromatic nitrogens is 4. The summed E-state index contributed by atoms with van der Waals surface area (Å²) in [6.45, 7) is 0.488. The molecule has 1 fully saturated rings. The molecule has 134 valence electrons. The third-order valence-corrected chi connectivity index (χ3v) is 4.94. The largest absolute Gasteiger partial charge is 0.393 e. The van der Waals surface area contributed by atoms with Gasteiger partial charge in [0.05, 0.1) is 24.2 Å². The Bertz CT molecular complexity index is 890. The zero-order valence-corrected chi connectivity index (χ0v) is 14.3. The van der Waals surface area contributed by atoms with E-state index in [2.05, 4.69) is 26.4 Å². The number of aliphatic hydroxyl groups excluding tert-OH is 1. The van der Waals surface area contributed by atoms with Gasteiger partial charge in [0.2, 0.25) is 5.91 Å². The highest BCUT2D eigenvalue weighted by Gasteiger charge is 2.35. The van der Waals surface area contributed by atoms with E-state index in [9.17, 15) is 9.90 Å². The number of aryl methyl sites for hydroxylation is 1. The van der Waals surface area contributed by atoms with Crippen LogP contribution in [0.3, 0.4) is 0 Å². The molecule has 7 heteroatoms. The Labute approximate surface area is 151 Å². The number of amides is 1. The number of rotatable bonds is 6. The van der Waals surface area contributed by atoms with Gasteiger partial charge in [-0.05, 0) is 36.5 Å². The molecule has 1 aliphatic carbocycles. The molecule has 1 atom stereocenters. The zero-order valence-electron chi connectivity index (χ0n) is 14.3. The molecule has 0 bridgehead atoms. The molecule has 2 aromatic heterocycles. The van der Waals surface area contributed by atoms with Crippen LogP contribution in [-0.2, 0) is 11.3 Å². The molecule has 0 radical (unpaired) electrons. The molecule has 0 unspecified atom stereocenters. The molecule has 0 aliphatic heterocycles. The summed E-state index contributed by atoms with van der Waals surface area (Å²) in [5.41, 5.74) is 1.91. The van der Waals surface area contributed by atoms with Gasteiger partial charge >= 0.3 is 0 Å². The number of nitrogens with one attached hydrogen (secondary N) is 1. The molecule has 1 amide bonds. The Morgan fingerprint density at radius 2 is 2.19 bits per heavy atom. The highest BCUT2D eigenvalue weighted by atomic mass is 16.3. The van der Waals surface area contributed by atoms with Crippen molar-refractivity contribution in [1.82, 2.24) is 25.1 Å². The van der Waals surface area contributed by atoms with Crippen molar-refractivity contribution in [1.29, 1.82) is 0 Å². The summed E-state index contributed by atoms with van der Waals surface area (Å²) in [5.74, 6) is 0.184. The Balaban J connectivity index is 1.50. The lowest BCUT2D eigenvalue weighted by molar-refractivity contribution is -0.123. The molecule has 7 nitrogen and oxygen atoms in total. The van der Waals surface area contributed by atoms with Crippen molar-refractivity contribution in [2.45, 2.75) is 38.0 Å². The number of hydrogen-bond donors (Lipinski definition) is 2. The average Bonchev–Trinajstić information content (AvgIpc) is 3.15. The minimum Gasteiger partial charge on any atom is -0.393 e. The minimum absolute atomic E-state index is 0.0416. The van der Waals surface area contributed by atoms with Crippen LogP contribution < -0.4 is 5.32 Å². The number of carbonyl (C=O) groups is 1. The number of para-hydroxylation sites is 1. The lowest BCUT2D eigenvalue weighted by Gasteiger charge is -2.38. The fourth-order valence-electron chi connectivity index (χ4n) is 3.44. The predicted octanol–water partition coefficient (Wildman–Crippen LogP) is 1.84. The second-order valence-corrected chi connectivity index (χ2v) is 6.80. The van der Waals surface area contributed by atoms with E-state index in [0.717, 1.165) is 16.5 Å². The number of benzene rings is 1. The van der Waals surface area contributed by atoms with Gasteiger partial charge in [-0.25, -0.2) is 4.98 Å². The van der Waals surface area contributed by atoms with Crippen molar-refractivity contribution >= 4 is 16.8 Å². The van der Waals surface area contributed by atoms with Gasteiger partial charge in [-0.2, -0.15) is 5.10 Å². The summed E-state index contributed by atoms with van der Waals surface area (Å²) >= 11 is 0. The molecule has 3 aromatic rings. The quantitative estimate of drug-likeness (QED) is 0.707. The van der Waals surface area contributed by atoms with Crippen molar-refractivity contribution < 1.29 is 9.90 Å². The third kappa shape index (κ3) is 3.57. The normalized spacial score (nSPS) is 20.5. The van der Waals surface area contributed by atoms with Crippen LogP contribution in [0.25, 0.3) is 10.9 Å². The maximum absolute atomic E-state index is 12.5. The van der Waals surface area contributed by atoms with E-state index in [-0.39, 0.29) is 24.0 Å². The molecule has 0 saturated heterocycles. The third-order valence-electron chi connectivity index (χ3n) is 4.94. The van der Waals surface area contributed by atoms with E-state index >= 15 is 0 Å². The maximum atomic E-state index is 12.5. The second kappa shape index (κ2) is 7.21. The molecule has 1 aromatic carbocycles. The average molecular weight is 351 g/mol. The first-order chi connectivity index (χ1) is 12.7. The molecule has 1 aliphatic rings. The number of hydrogen-bond acceptors (Lipinski definition) is 5. The van der Waals surface area contributed by atoms with E-state index in [1.54, 1.807) is 11.0 Å². The first kappa shape index (κ1) is 16.7. The summed E-state index contributed by atoms with van der Waals surface area (Å²) in [6, 6.07) is 9.87. The number of fused-ring (bicyclic) bond motifs is 1. The topological polar surface area (TPSA) is 92.9 Å². The smallest absolute Gasteiger partial charge is 0.222 e. The van der Waals surface area contributed by atoms with E-state index in [1.165, 1.54) is 6.33 Å². The van der Waals surface area contributed by atoms with Crippen LogP contribution in [0.15, 0.2) is 49.2 Å². The zero-order chi connectivity index (χ0) is 17.9. The van der Waals surface area contributed by atoms with E-state index < -0.39 is 0 Å². The summed E-state index contributed by atoms with van der Waals surface area (Å²) in [5, 5.41) is 17.9. The fraction of sp³-hybridized carbons (Fsp3) is 0.368. The summed E-state index contributed by atoms with van der Waals surface area (Å²) in [6.07, 6.45) is 6.33. The highest BCUT2D eigenvalue weighted by molar-refractivity contribution is 5.80. The van der Waals surface area contributed by atoms with Crippen LogP contribution in [0.1, 0.15) is 30.9 Å². The van der Waals surface area contributed by atoms with Crippen LogP contribution in [-0.4, -0.2) is 36.9 Å². The summed E-state index contributed by atoms with van der Waals surface area (Å²) in [4.78, 5) is 20.9. The summed E-state index contributed by atoms with van der Waals surface area (Å²) < 4.78 is 1.64. The van der Waals surface area contributed by atoms with Crippen LogP contribution >= 0.6 is 0 Å². The van der Waals surface area contributed by atoms with E-state index in [1.807, 2.05) is 30.5 Å². The van der Waals surface area contributed by atoms with Gasteiger partial charge in [0.1, 0.15) is 12.7 Å². The Morgan fingerprint density at radius 3 is 2.96 bits per heavy atom. The molecule has 0 spiro atoms. The van der Waals surface area contributed by atoms with Gasteiger partial charge in [-0.15, -0.1) is 0 Å². The Kier molecular flexibility index (Phi) is 4.62. The molecule has 1 saturated carbocycles. The first-order valence-corrected chi connectivity index (χ1v) is 8.83. The van der Waals surface area contributed by atoms with Gasteiger partial charge in [-0.3, -0.25) is 14.5 Å². The van der Waals surface area contributed by atoms with Crippen LogP contribution in [0.4, 0.5) is 0 Å². The summed E-state index contributed by atoms with van der Waals surface area (Å²) in [7, 11) is 0. The van der Waals surface area contributed by atoms with Gasteiger partial charge < -0.3 is 10.4 Å². The molecular formula is C19H21N5O2. The maximum Gasteiger partial charge on any atom is 0.222 e. The number of pyridine rings is 1. The fourth-order valence-corrected chi connectivity index (χ4v) is 3.44. The molecule has 4 rings (SSSR count). The SMILES string of the molecule is O=C(CCn1cncn1)N[C@H](c1cnc2ccccc2c1)C1CC(O)C1. The van der Waals surface area contributed by atoms with Crippen LogP contribution in [0, 0.1) is 5.92 Å². The number of nitrogens with zero attached hydrogens (tertiary/aromatic N) is 4. The highest BCUT2D eigenvalue weighted by Crippen LogP contribution is 2.38. The van der Waals surface area contributed by atoms with Gasteiger partial charge in [0, 0.05) is 18.0 Å². The standard InChI is InChI=1S/C19H21N5O2/c25-16-8-14(9-16)19(23-18(26)5-6-24-12-20-11-22-24)15-7-13-3-1-2-4-17(13)21-10-15/h1-4,7,10-12,14,16,19,25H,5-6,8-9H2,(H,23,26)/t14?,16?,19-/m0/s1. The van der Waals surface area contributed by atoms with Gasteiger partial charge in [-0.1, -0.05) is 18.2 Å². The molecule has 26 heavy (non-hydrogen) atoms. The molecular weight excluding hydrogens is 330 g/mol. The van der Waals surface area contributed by atoms with Crippen LogP contribution in [0.5, 0.6) is 0 Å². The van der Waals surface area contributed by atoms with Crippen molar-refractivity contribution in [3.63, 3.8) is 0 Å². The van der Waals surface area contributed by atoms with Gasteiger partial charge in [0.25, 0.3) is 0 Å². The number of carbonyl (C=O) groups excluding carboxylic acids is 1. The van der Waals surface area contributed by atoms with Crippen molar-refractivity contribution in [2.75, 3.05) is 0 Å². The minimum atomic E-state index is -0.275. The van der Waals surface area contributed by atoms with Crippen molar-refractivity contribution in [2.24, 2.45) is 5.92 Å². The first-order valence-electron chi connectivity index (χ1n) is 8.83. The predicted molar refractivity (Wildman–Crippen MR) is 96.0 cm³/mol. The van der Waals surface area contributed by atoms with E-state index in [4.69, 9.17) is 0 Å². The molecule has 2 N–H and O–H groups in total. The lowest BCUT2D eigenvalue weighted by atomic mass is 9.75. The van der Waals surface area contributed by atoms with Gasteiger partial charge in [0.15, 0.2) is 0 Å². The monoisotopic (exact) mass is 351 g/mol. The van der Waals surface area contributed by atoms with E-state index in [0.29, 0.717) is 25.8 Å². The lowest BCUT2D eigenvalue weighted by Crippen LogP contribution is -2.41. The second-order valence-electron chi connectivity index (χ2n) is 6.80. The Morgan fingerprint density at radius 1 is 1.35 bits per heavy atom.